The number of aromatic nitrogens is 1. The molecule has 7 heteroatoms. The van der Waals surface area contributed by atoms with Crippen molar-refractivity contribution in [3.8, 4) is 5.75 Å². The van der Waals surface area contributed by atoms with E-state index in [0.717, 1.165) is 26.8 Å². The Morgan fingerprint density at radius 1 is 0.889 bits per heavy atom. The molecule has 1 N–H and O–H groups in total. The molecule has 180 valence electrons. The van der Waals surface area contributed by atoms with Crippen molar-refractivity contribution in [2.45, 2.75) is 19.3 Å². The van der Waals surface area contributed by atoms with E-state index in [1.54, 1.807) is 36.7 Å². The SMILES string of the molecule is COc1ccccc1N1C(=O)NC(=O)C(CCc2ccncc2)(Cc2cccc3ccccc23)C1=O. The summed E-state index contributed by atoms with van der Waals surface area (Å²) in [5.41, 5.74) is 0.591. The van der Waals surface area contributed by atoms with Gasteiger partial charge in [0.25, 0.3) is 5.91 Å². The summed E-state index contributed by atoms with van der Waals surface area (Å²) in [6.07, 6.45) is 4.17. The van der Waals surface area contributed by atoms with Crippen molar-refractivity contribution < 1.29 is 19.1 Å². The van der Waals surface area contributed by atoms with E-state index in [-0.39, 0.29) is 12.8 Å². The van der Waals surface area contributed by atoms with Crippen LogP contribution in [-0.2, 0) is 22.4 Å². The van der Waals surface area contributed by atoms with Gasteiger partial charge in [-0.25, -0.2) is 9.69 Å². The maximum Gasteiger partial charge on any atom is 0.335 e. The number of urea groups is 1. The molecule has 4 aromatic rings. The summed E-state index contributed by atoms with van der Waals surface area (Å²) in [5, 5.41) is 4.44. The molecule has 1 saturated heterocycles. The number of hydrogen-bond donors (Lipinski definition) is 1. The van der Waals surface area contributed by atoms with Crippen LogP contribution in [0.1, 0.15) is 17.5 Å². The molecule has 36 heavy (non-hydrogen) atoms. The number of ether oxygens (including phenoxy) is 1. The Bertz CT molecular complexity index is 1450. The Labute approximate surface area is 208 Å². The number of imide groups is 2. The van der Waals surface area contributed by atoms with E-state index in [9.17, 15) is 14.4 Å². The largest absolute Gasteiger partial charge is 0.495 e. The third kappa shape index (κ3) is 4.09. The maximum atomic E-state index is 14.3. The Hall–Kier alpha value is -4.52. The number of hydrogen-bond acceptors (Lipinski definition) is 5. The quantitative estimate of drug-likeness (QED) is 0.389. The normalized spacial score (nSPS) is 17.8. The van der Waals surface area contributed by atoms with Gasteiger partial charge < -0.3 is 4.74 Å². The number of nitrogens with one attached hydrogen (secondary N) is 1. The van der Waals surface area contributed by atoms with E-state index < -0.39 is 23.3 Å². The van der Waals surface area contributed by atoms with Gasteiger partial charge >= 0.3 is 6.03 Å². The molecule has 0 bridgehead atoms. The average molecular weight is 480 g/mol. The van der Waals surface area contributed by atoms with Crippen molar-refractivity contribution in [3.05, 3.63) is 102 Å². The predicted octanol–water partition coefficient (Wildman–Crippen LogP) is 4.69. The van der Waals surface area contributed by atoms with Crippen LogP contribution in [0, 0.1) is 5.41 Å². The maximum absolute atomic E-state index is 14.3. The third-order valence-electron chi connectivity index (χ3n) is 6.76. The Morgan fingerprint density at radius 3 is 2.42 bits per heavy atom. The number of anilines is 1. The molecule has 1 unspecified atom stereocenters. The van der Waals surface area contributed by atoms with E-state index in [1.807, 2.05) is 54.6 Å². The van der Waals surface area contributed by atoms with Gasteiger partial charge in [0.2, 0.25) is 5.91 Å². The predicted molar refractivity (Wildman–Crippen MR) is 137 cm³/mol. The van der Waals surface area contributed by atoms with Crippen LogP contribution in [0.15, 0.2) is 91.3 Å². The fraction of sp³-hybridized carbons (Fsp3) is 0.172. The number of rotatable bonds is 7. The van der Waals surface area contributed by atoms with Gasteiger partial charge in [-0.2, -0.15) is 0 Å². The van der Waals surface area contributed by atoms with Crippen molar-refractivity contribution in [1.29, 1.82) is 0 Å². The molecule has 5 rings (SSSR count). The summed E-state index contributed by atoms with van der Waals surface area (Å²) in [5.74, 6) is -0.795. The van der Waals surface area contributed by atoms with Crippen LogP contribution in [0.2, 0.25) is 0 Å². The Kier molecular flexibility index (Phi) is 6.21. The first kappa shape index (κ1) is 23.2. The van der Waals surface area contributed by atoms with Crippen LogP contribution < -0.4 is 15.0 Å². The number of carbonyl (C=O) groups is 3. The second kappa shape index (κ2) is 9.62. The monoisotopic (exact) mass is 479 g/mol. The highest BCUT2D eigenvalue weighted by atomic mass is 16.5. The average Bonchev–Trinajstić information content (AvgIpc) is 2.91. The number of barbiturate groups is 1. The van der Waals surface area contributed by atoms with Crippen molar-refractivity contribution in [1.82, 2.24) is 10.3 Å². The molecule has 1 aromatic heterocycles. The standard InChI is InChI=1S/C29H25N3O4/c1-36-25-12-5-4-11-24(25)32-27(34)29(26(33)31-28(32)35,16-13-20-14-17-30-18-15-20)19-22-9-6-8-21-7-2-3-10-23(21)22/h2-12,14-15,17-18H,13,16,19H2,1H3,(H,31,33,35). The first-order valence-corrected chi connectivity index (χ1v) is 11.7. The summed E-state index contributed by atoms with van der Waals surface area (Å²) in [4.78, 5) is 46.0. The van der Waals surface area contributed by atoms with Gasteiger partial charge in [-0.15, -0.1) is 0 Å². The number of amides is 4. The molecule has 1 aliphatic rings. The van der Waals surface area contributed by atoms with Gasteiger partial charge in [0.05, 0.1) is 12.8 Å². The summed E-state index contributed by atoms with van der Waals surface area (Å²) < 4.78 is 5.43. The molecule has 1 aliphatic heterocycles. The number of methoxy groups -OCH3 is 1. The van der Waals surface area contributed by atoms with Crippen molar-refractivity contribution in [2.75, 3.05) is 12.0 Å². The number of pyridine rings is 1. The molecule has 1 fully saturated rings. The summed E-state index contributed by atoms with van der Waals surface area (Å²) in [6.45, 7) is 0. The molecule has 4 amide bonds. The third-order valence-corrected chi connectivity index (χ3v) is 6.76. The van der Waals surface area contributed by atoms with Gasteiger partial charge in [0.15, 0.2) is 0 Å². The van der Waals surface area contributed by atoms with Crippen molar-refractivity contribution in [2.24, 2.45) is 5.41 Å². The molecule has 0 saturated carbocycles. The zero-order valence-electron chi connectivity index (χ0n) is 19.8. The van der Waals surface area contributed by atoms with Crippen LogP contribution in [0.4, 0.5) is 10.5 Å². The van der Waals surface area contributed by atoms with Gasteiger partial charge in [0, 0.05) is 12.4 Å². The van der Waals surface area contributed by atoms with Crippen LogP contribution in [-0.4, -0.2) is 29.9 Å². The zero-order valence-corrected chi connectivity index (χ0v) is 19.8. The number of benzene rings is 3. The van der Waals surface area contributed by atoms with E-state index in [1.165, 1.54) is 7.11 Å². The second-order valence-corrected chi connectivity index (χ2v) is 8.82. The molecule has 0 aliphatic carbocycles. The minimum atomic E-state index is -1.51. The Morgan fingerprint density at radius 2 is 1.61 bits per heavy atom. The number of nitrogens with zero attached hydrogens (tertiary/aromatic N) is 2. The number of fused-ring (bicyclic) bond motifs is 1. The van der Waals surface area contributed by atoms with E-state index in [4.69, 9.17) is 4.74 Å². The first-order valence-electron chi connectivity index (χ1n) is 11.7. The van der Waals surface area contributed by atoms with Gasteiger partial charge in [-0.05, 0) is 65.4 Å². The molecule has 2 heterocycles. The minimum Gasteiger partial charge on any atom is -0.495 e. The van der Waals surface area contributed by atoms with Crippen LogP contribution >= 0.6 is 0 Å². The highest BCUT2D eigenvalue weighted by Crippen LogP contribution is 2.40. The summed E-state index contributed by atoms with van der Waals surface area (Å²) >= 11 is 0. The molecular weight excluding hydrogens is 454 g/mol. The smallest absolute Gasteiger partial charge is 0.335 e. The zero-order chi connectivity index (χ0) is 25.1. The molecule has 7 nitrogen and oxygen atoms in total. The molecule has 1 atom stereocenters. The van der Waals surface area contributed by atoms with Crippen LogP contribution in [0.3, 0.4) is 0 Å². The lowest BCUT2D eigenvalue weighted by Gasteiger charge is -2.40. The lowest BCUT2D eigenvalue weighted by atomic mass is 9.73. The van der Waals surface area contributed by atoms with Crippen LogP contribution in [0.25, 0.3) is 10.8 Å². The van der Waals surface area contributed by atoms with E-state index in [2.05, 4.69) is 10.3 Å². The topological polar surface area (TPSA) is 88.6 Å². The number of carbonyl (C=O) groups excluding carboxylic acids is 3. The Balaban J connectivity index is 1.63. The second-order valence-electron chi connectivity index (χ2n) is 8.82. The van der Waals surface area contributed by atoms with Gasteiger partial charge in [-0.1, -0.05) is 54.6 Å². The van der Waals surface area contributed by atoms with Crippen molar-refractivity contribution in [3.63, 3.8) is 0 Å². The van der Waals surface area contributed by atoms with E-state index in [0.29, 0.717) is 17.9 Å². The lowest BCUT2D eigenvalue weighted by molar-refractivity contribution is -0.143. The molecule has 0 radical (unpaired) electrons. The molecular formula is C29H25N3O4. The first-order chi connectivity index (χ1) is 17.5. The highest BCUT2D eigenvalue weighted by Gasteiger charge is 2.54. The summed E-state index contributed by atoms with van der Waals surface area (Å²) in [6, 6.07) is 23.4. The van der Waals surface area contributed by atoms with Gasteiger partial charge in [-0.3, -0.25) is 19.9 Å². The number of para-hydroxylation sites is 2. The minimum absolute atomic E-state index is 0.142. The van der Waals surface area contributed by atoms with Crippen LogP contribution in [0.5, 0.6) is 5.75 Å². The highest BCUT2D eigenvalue weighted by molar-refractivity contribution is 6.30. The van der Waals surface area contributed by atoms with E-state index >= 15 is 0 Å². The lowest BCUT2D eigenvalue weighted by Crippen LogP contribution is -2.65. The summed E-state index contributed by atoms with van der Waals surface area (Å²) in [7, 11) is 1.48. The number of aryl methyl sites for hydroxylation is 1. The van der Waals surface area contributed by atoms with Gasteiger partial charge in [0.1, 0.15) is 11.2 Å². The molecule has 0 spiro atoms. The van der Waals surface area contributed by atoms with Crippen molar-refractivity contribution >= 4 is 34.3 Å². The molecule has 3 aromatic carbocycles. The fourth-order valence-corrected chi connectivity index (χ4v) is 4.85. The fourth-order valence-electron chi connectivity index (χ4n) is 4.85.